The van der Waals surface area contributed by atoms with Crippen molar-refractivity contribution in [1.82, 2.24) is 0 Å². The van der Waals surface area contributed by atoms with Crippen LogP contribution in [0.3, 0.4) is 0 Å². The number of carbonyl (C=O) groups is 1. The van der Waals surface area contributed by atoms with Crippen LogP contribution in [0.25, 0.3) is 0 Å². The van der Waals surface area contributed by atoms with E-state index >= 15 is 0 Å². The molecule has 0 aromatic heterocycles. The Hall–Kier alpha value is -2.34. The predicted octanol–water partition coefficient (Wildman–Crippen LogP) is 3.84. The van der Waals surface area contributed by atoms with Gasteiger partial charge in [-0.25, -0.2) is 0 Å². The number of thioether (sulfide) groups is 1. The Morgan fingerprint density at radius 2 is 1.84 bits per heavy atom. The molecule has 2 aromatic carbocycles. The van der Waals surface area contributed by atoms with Crippen molar-refractivity contribution in [3.05, 3.63) is 48.5 Å². The van der Waals surface area contributed by atoms with Crippen molar-refractivity contribution < 1.29 is 19.0 Å². The zero-order chi connectivity index (χ0) is 18.1. The first-order valence-electron chi connectivity index (χ1n) is 7.96. The van der Waals surface area contributed by atoms with Gasteiger partial charge in [0, 0.05) is 11.8 Å². The maximum atomic E-state index is 12.4. The number of benzene rings is 2. The van der Waals surface area contributed by atoms with Gasteiger partial charge < -0.3 is 19.5 Å². The van der Waals surface area contributed by atoms with E-state index in [1.165, 1.54) is 11.8 Å². The van der Waals surface area contributed by atoms with Crippen LogP contribution < -0.4 is 19.5 Å². The predicted molar refractivity (Wildman–Crippen MR) is 102 cm³/mol. The van der Waals surface area contributed by atoms with Crippen LogP contribution in [-0.4, -0.2) is 37.7 Å². The molecule has 0 aliphatic rings. The number of hydrogen-bond donors (Lipinski definition) is 1. The Morgan fingerprint density at radius 3 is 2.52 bits per heavy atom. The Labute approximate surface area is 152 Å². The van der Waals surface area contributed by atoms with Gasteiger partial charge in [0.25, 0.3) is 0 Å². The van der Waals surface area contributed by atoms with Gasteiger partial charge in [-0.05, 0) is 31.2 Å². The second-order valence-corrected chi connectivity index (χ2v) is 6.68. The summed E-state index contributed by atoms with van der Waals surface area (Å²) in [4.78, 5) is 12.4. The lowest BCUT2D eigenvalue weighted by Gasteiger charge is -2.15. The lowest BCUT2D eigenvalue weighted by molar-refractivity contribution is -0.115. The van der Waals surface area contributed by atoms with Gasteiger partial charge >= 0.3 is 0 Å². The van der Waals surface area contributed by atoms with E-state index in [0.717, 1.165) is 11.5 Å². The van der Waals surface area contributed by atoms with Crippen molar-refractivity contribution in [3.63, 3.8) is 0 Å². The van der Waals surface area contributed by atoms with Crippen LogP contribution in [0.4, 0.5) is 5.69 Å². The van der Waals surface area contributed by atoms with E-state index in [-0.39, 0.29) is 11.2 Å². The fraction of sp³-hybridized carbons (Fsp3) is 0.316. The van der Waals surface area contributed by atoms with Crippen LogP contribution in [-0.2, 0) is 4.79 Å². The first-order chi connectivity index (χ1) is 12.1. The molecule has 5 nitrogen and oxygen atoms in total. The topological polar surface area (TPSA) is 56.8 Å². The van der Waals surface area contributed by atoms with Crippen LogP contribution in [0.15, 0.2) is 48.5 Å². The molecule has 0 heterocycles. The SMILES string of the molecule is COc1ccc(OC)c(NC(=O)[C@H](C)SCCOc2ccccc2)c1. The fourth-order valence-corrected chi connectivity index (χ4v) is 2.87. The third-order valence-electron chi connectivity index (χ3n) is 3.50. The zero-order valence-corrected chi connectivity index (χ0v) is 15.5. The van der Waals surface area contributed by atoms with Crippen LogP contribution >= 0.6 is 11.8 Å². The van der Waals surface area contributed by atoms with Gasteiger partial charge in [0.05, 0.1) is 31.8 Å². The van der Waals surface area contributed by atoms with Crippen LogP contribution in [0, 0.1) is 0 Å². The molecule has 134 valence electrons. The molecule has 2 aromatic rings. The van der Waals surface area contributed by atoms with E-state index in [4.69, 9.17) is 14.2 Å². The third kappa shape index (κ3) is 5.90. The molecule has 0 unspecified atom stereocenters. The molecular weight excluding hydrogens is 338 g/mol. The molecule has 0 saturated heterocycles. The average molecular weight is 361 g/mol. The summed E-state index contributed by atoms with van der Waals surface area (Å²) in [7, 11) is 3.15. The molecule has 1 N–H and O–H groups in total. The average Bonchev–Trinajstić information content (AvgIpc) is 2.65. The molecule has 1 atom stereocenters. The summed E-state index contributed by atoms with van der Waals surface area (Å²) in [6.45, 7) is 2.42. The van der Waals surface area contributed by atoms with Gasteiger partial charge in [-0.1, -0.05) is 18.2 Å². The molecule has 6 heteroatoms. The highest BCUT2D eigenvalue weighted by atomic mass is 32.2. The fourth-order valence-electron chi connectivity index (χ4n) is 2.12. The number of carbonyl (C=O) groups excluding carboxylic acids is 1. The van der Waals surface area contributed by atoms with Crippen molar-refractivity contribution in [2.75, 3.05) is 31.9 Å². The summed E-state index contributed by atoms with van der Waals surface area (Å²) < 4.78 is 16.1. The van der Waals surface area contributed by atoms with Crippen molar-refractivity contribution in [3.8, 4) is 17.2 Å². The molecule has 1 amide bonds. The Morgan fingerprint density at radius 1 is 1.08 bits per heavy atom. The molecule has 0 spiro atoms. The van der Waals surface area contributed by atoms with Crippen LogP contribution in [0.5, 0.6) is 17.2 Å². The second kappa shape index (κ2) is 9.84. The number of amides is 1. The van der Waals surface area contributed by atoms with Crippen LogP contribution in [0.2, 0.25) is 0 Å². The van der Waals surface area contributed by atoms with E-state index < -0.39 is 0 Å². The maximum Gasteiger partial charge on any atom is 0.237 e. The van der Waals surface area contributed by atoms with Crippen molar-refractivity contribution in [1.29, 1.82) is 0 Å². The maximum absolute atomic E-state index is 12.4. The van der Waals surface area contributed by atoms with Gasteiger partial charge in [-0.2, -0.15) is 0 Å². The van der Waals surface area contributed by atoms with Gasteiger partial charge in [0.1, 0.15) is 17.2 Å². The smallest absolute Gasteiger partial charge is 0.237 e. The molecule has 0 fully saturated rings. The standard InChI is InChI=1S/C19H23NO4S/c1-14(25-12-11-24-15-7-5-4-6-8-15)19(21)20-17-13-16(22-2)9-10-18(17)23-3/h4-10,13-14H,11-12H2,1-3H3,(H,20,21)/t14-/m0/s1. The highest BCUT2D eigenvalue weighted by Gasteiger charge is 2.16. The minimum absolute atomic E-state index is 0.0868. The van der Waals surface area contributed by atoms with E-state index in [0.29, 0.717) is 23.8 Å². The van der Waals surface area contributed by atoms with E-state index in [9.17, 15) is 4.79 Å². The highest BCUT2D eigenvalue weighted by Crippen LogP contribution is 2.29. The summed E-state index contributed by atoms with van der Waals surface area (Å²) >= 11 is 1.54. The summed E-state index contributed by atoms with van der Waals surface area (Å²) in [6.07, 6.45) is 0. The first kappa shape index (κ1) is 19.0. The molecule has 25 heavy (non-hydrogen) atoms. The number of anilines is 1. The second-order valence-electron chi connectivity index (χ2n) is 5.23. The summed E-state index contributed by atoms with van der Waals surface area (Å²) in [5, 5.41) is 2.68. The van der Waals surface area contributed by atoms with Crippen molar-refractivity contribution in [2.24, 2.45) is 0 Å². The minimum Gasteiger partial charge on any atom is -0.497 e. The summed E-state index contributed by atoms with van der Waals surface area (Å²) in [5.74, 6) is 2.72. The monoisotopic (exact) mass is 361 g/mol. The third-order valence-corrected chi connectivity index (χ3v) is 4.61. The minimum atomic E-state index is -0.213. The number of hydrogen-bond acceptors (Lipinski definition) is 5. The largest absolute Gasteiger partial charge is 0.497 e. The summed E-state index contributed by atoms with van der Waals surface area (Å²) in [6, 6.07) is 14.9. The molecule has 0 bridgehead atoms. The molecule has 0 aliphatic heterocycles. The van der Waals surface area contributed by atoms with E-state index in [1.807, 2.05) is 37.3 Å². The van der Waals surface area contributed by atoms with Gasteiger partial charge in [0.2, 0.25) is 5.91 Å². The zero-order valence-electron chi connectivity index (χ0n) is 14.7. The van der Waals surface area contributed by atoms with E-state index in [2.05, 4.69) is 5.32 Å². The number of para-hydroxylation sites is 1. The van der Waals surface area contributed by atoms with Gasteiger partial charge in [-0.15, -0.1) is 11.8 Å². The molecular formula is C19H23NO4S. The molecule has 0 saturated carbocycles. The quantitative estimate of drug-likeness (QED) is 0.688. The highest BCUT2D eigenvalue weighted by molar-refractivity contribution is 8.00. The lowest BCUT2D eigenvalue weighted by Crippen LogP contribution is -2.23. The number of nitrogens with one attached hydrogen (secondary N) is 1. The first-order valence-corrected chi connectivity index (χ1v) is 9.01. The number of rotatable bonds is 9. The van der Waals surface area contributed by atoms with Crippen LogP contribution in [0.1, 0.15) is 6.92 Å². The number of ether oxygens (including phenoxy) is 3. The Bertz CT molecular complexity index is 678. The molecule has 0 aliphatic carbocycles. The van der Waals surface area contributed by atoms with Gasteiger partial charge in [-0.3, -0.25) is 4.79 Å². The Balaban J connectivity index is 1.82. The number of methoxy groups -OCH3 is 2. The van der Waals surface area contributed by atoms with Crippen molar-refractivity contribution in [2.45, 2.75) is 12.2 Å². The van der Waals surface area contributed by atoms with Crippen molar-refractivity contribution >= 4 is 23.4 Å². The summed E-state index contributed by atoms with van der Waals surface area (Å²) in [5.41, 5.74) is 0.597. The Kier molecular flexibility index (Phi) is 7.47. The van der Waals surface area contributed by atoms with Gasteiger partial charge in [0.15, 0.2) is 0 Å². The molecule has 0 radical (unpaired) electrons. The normalized spacial score (nSPS) is 11.5. The lowest BCUT2D eigenvalue weighted by atomic mass is 10.2. The molecule has 2 rings (SSSR count). The van der Waals surface area contributed by atoms with E-state index in [1.54, 1.807) is 32.4 Å².